The fourth-order valence-corrected chi connectivity index (χ4v) is 2.22. The van der Waals surface area contributed by atoms with Crippen molar-refractivity contribution >= 4 is 24.8 Å². The molecule has 3 nitrogen and oxygen atoms in total. The molecule has 10 heteroatoms. The van der Waals surface area contributed by atoms with Gasteiger partial charge in [-0.25, -0.2) is 0 Å². The summed E-state index contributed by atoms with van der Waals surface area (Å²) < 4.78 is 80.0. The SMILES string of the molecule is Cl.FC(F)(F)c1ccc(CN=CCOCC=NCc2ccc(C(F)(F)F)cc2)cc1. The number of benzene rings is 2. The molecule has 0 aliphatic rings. The molecule has 0 saturated heterocycles. The van der Waals surface area contributed by atoms with Crippen molar-refractivity contribution in [3.05, 3.63) is 70.8 Å². The molecule has 0 unspecified atom stereocenters. The minimum Gasteiger partial charge on any atom is -0.370 e. The van der Waals surface area contributed by atoms with Crippen LogP contribution in [0.1, 0.15) is 22.3 Å². The molecule has 0 amide bonds. The molecule has 0 saturated carbocycles. The Hall–Kier alpha value is -2.39. The average molecular weight is 453 g/mol. The lowest BCUT2D eigenvalue weighted by Gasteiger charge is -2.06. The van der Waals surface area contributed by atoms with Crippen molar-refractivity contribution in [2.24, 2.45) is 9.98 Å². The van der Waals surface area contributed by atoms with Gasteiger partial charge in [0, 0.05) is 12.4 Å². The highest BCUT2D eigenvalue weighted by Gasteiger charge is 2.30. The molecule has 30 heavy (non-hydrogen) atoms. The highest BCUT2D eigenvalue weighted by atomic mass is 35.5. The maximum Gasteiger partial charge on any atom is 0.416 e. The van der Waals surface area contributed by atoms with Gasteiger partial charge in [0.1, 0.15) is 0 Å². The van der Waals surface area contributed by atoms with E-state index >= 15 is 0 Å². The zero-order valence-electron chi connectivity index (χ0n) is 15.6. The molecule has 0 bridgehead atoms. The minimum absolute atomic E-state index is 0. The minimum atomic E-state index is -4.36. The van der Waals surface area contributed by atoms with Gasteiger partial charge in [-0.05, 0) is 35.4 Å². The second-order valence-corrected chi connectivity index (χ2v) is 5.97. The molecule has 0 N–H and O–H groups in total. The van der Waals surface area contributed by atoms with Crippen LogP contribution in [-0.2, 0) is 30.2 Å². The lowest BCUT2D eigenvalue weighted by Crippen LogP contribution is -2.04. The van der Waals surface area contributed by atoms with Gasteiger partial charge in [-0.3, -0.25) is 9.98 Å². The topological polar surface area (TPSA) is 34.0 Å². The molecular weight excluding hydrogens is 434 g/mol. The van der Waals surface area contributed by atoms with E-state index in [-0.39, 0.29) is 38.7 Å². The van der Waals surface area contributed by atoms with Crippen LogP contribution in [-0.4, -0.2) is 25.6 Å². The summed E-state index contributed by atoms with van der Waals surface area (Å²) in [5, 5.41) is 0. The van der Waals surface area contributed by atoms with Gasteiger partial charge in [0.25, 0.3) is 0 Å². The fraction of sp³-hybridized carbons (Fsp3) is 0.300. The van der Waals surface area contributed by atoms with E-state index in [1.807, 2.05) is 0 Å². The Labute approximate surface area is 175 Å². The van der Waals surface area contributed by atoms with Gasteiger partial charge >= 0.3 is 12.4 Å². The monoisotopic (exact) mass is 452 g/mol. The van der Waals surface area contributed by atoms with Crippen molar-refractivity contribution in [2.45, 2.75) is 25.4 Å². The third-order valence-corrected chi connectivity index (χ3v) is 3.75. The first-order valence-electron chi connectivity index (χ1n) is 8.53. The van der Waals surface area contributed by atoms with Crippen LogP contribution in [0.25, 0.3) is 0 Å². The van der Waals surface area contributed by atoms with E-state index in [0.717, 1.165) is 24.3 Å². The molecule has 0 aliphatic carbocycles. The number of aliphatic imine (C=N–C) groups is 2. The Balaban J connectivity index is 0.00000450. The van der Waals surface area contributed by atoms with Crippen LogP contribution < -0.4 is 0 Å². The van der Waals surface area contributed by atoms with Crippen molar-refractivity contribution in [1.82, 2.24) is 0 Å². The second-order valence-electron chi connectivity index (χ2n) is 5.97. The van der Waals surface area contributed by atoms with Crippen LogP contribution in [0, 0.1) is 0 Å². The predicted molar refractivity (Wildman–Crippen MR) is 105 cm³/mol. The van der Waals surface area contributed by atoms with Crippen molar-refractivity contribution in [1.29, 1.82) is 0 Å². The number of hydrogen-bond acceptors (Lipinski definition) is 3. The maximum absolute atomic E-state index is 12.5. The zero-order chi connectivity index (χ0) is 21.3. The predicted octanol–water partition coefficient (Wildman–Crippen LogP) is 6.00. The fourth-order valence-electron chi connectivity index (χ4n) is 2.22. The lowest BCUT2D eigenvalue weighted by molar-refractivity contribution is -0.138. The Morgan fingerprint density at radius 3 is 1.27 bits per heavy atom. The first-order chi connectivity index (χ1) is 13.7. The number of hydrogen-bond donors (Lipinski definition) is 0. The van der Waals surface area contributed by atoms with Crippen molar-refractivity contribution in [2.75, 3.05) is 13.2 Å². The van der Waals surface area contributed by atoms with Gasteiger partial charge in [0.2, 0.25) is 0 Å². The number of nitrogens with zero attached hydrogens (tertiary/aromatic N) is 2. The van der Waals surface area contributed by atoms with E-state index < -0.39 is 23.5 Å². The smallest absolute Gasteiger partial charge is 0.370 e. The van der Waals surface area contributed by atoms with Gasteiger partial charge < -0.3 is 4.74 Å². The van der Waals surface area contributed by atoms with Crippen LogP contribution in [0.4, 0.5) is 26.3 Å². The van der Waals surface area contributed by atoms with Crippen molar-refractivity contribution < 1.29 is 31.1 Å². The highest BCUT2D eigenvalue weighted by molar-refractivity contribution is 5.85. The van der Waals surface area contributed by atoms with E-state index in [2.05, 4.69) is 9.98 Å². The summed E-state index contributed by atoms with van der Waals surface area (Å²) in [4.78, 5) is 8.12. The molecule has 0 aliphatic heterocycles. The summed E-state index contributed by atoms with van der Waals surface area (Å²) >= 11 is 0. The molecule has 0 atom stereocenters. The molecule has 164 valence electrons. The van der Waals surface area contributed by atoms with Gasteiger partial charge in [0.05, 0.1) is 37.4 Å². The Kier molecular flexibility index (Phi) is 10.0. The molecule has 2 rings (SSSR count). The normalized spacial score (nSPS) is 12.5. The molecule has 2 aromatic carbocycles. The van der Waals surface area contributed by atoms with E-state index in [4.69, 9.17) is 4.74 Å². The van der Waals surface area contributed by atoms with Gasteiger partial charge in [-0.1, -0.05) is 24.3 Å². The Bertz CT molecular complexity index is 746. The van der Waals surface area contributed by atoms with Crippen molar-refractivity contribution in [3.63, 3.8) is 0 Å². The first-order valence-corrected chi connectivity index (χ1v) is 8.53. The summed E-state index contributed by atoms with van der Waals surface area (Å²) in [7, 11) is 0. The molecule has 0 heterocycles. The Morgan fingerprint density at radius 1 is 0.633 bits per heavy atom. The molecule has 0 aromatic heterocycles. The summed E-state index contributed by atoms with van der Waals surface area (Å²) in [5.74, 6) is 0. The van der Waals surface area contributed by atoms with E-state index in [1.165, 1.54) is 36.7 Å². The van der Waals surface area contributed by atoms with Crippen LogP contribution >= 0.6 is 12.4 Å². The third kappa shape index (κ3) is 8.96. The molecule has 2 aromatic rings. The number of halogens is 7. The summed E-state index contributed by atoms with van der Waals surface area (Å²) in [6, 6.07) is 9.51. The van der Waals surface area contributed by atoms with Gasteiger partial charge in [-0.15, -0.1) is 12.4 Å². The van der Waals surface area contributed by atoms with Crippen molar-refractivity contribution in [3.8, 4) is 0 Å². The number of alkyl halides is 6. The third-order valence-electron chi connectivity index (χ3n) is 3.75. The van der Waals surface area contributed by atoms with E-state index in [1.54, 1.807) is 0 Å². The van der Waals surface area contributed by atoms with E-state index in [9.17, 15) is 26.3 Å². The number of rotatable bonds is 8. The maximum atomic E-state index is 12.5. The average Bonchev–Trinajstić information content (AvgIpc) is 2.66. The van der Waals surface area contributed by atoms with E-state index in [0.29, 0.717) is 11.1 Å². The van der Waals surface area contributed by atoms with Crippen LogP contribution in [0.15, 0.2) is 58.5 Å². The standard InChI is InChI=1S/C20H18F6N2O.ClH/c21-19(22,23)17-5-1-15(2-6-17)13-27-9-11-29-12-10-28-14-16-3-7-18(8-4-16)20(24,25)26;/h1-10H,11-14H2;1H. The Morgan fingerprint density at radius 2 is 0.967 bits per heavy atom. The lowest BCUT2D eigenvalue weighted by atomic mass is 10.1. The molecule has 0 fully saturated rings. The van der Waals surface area contributed by atoms with Crippen LogP contribution in [0.5, 0.6) is 0 Å². The molecular formula is C20H19ClF6N2O. The zero-order valence-corrected chi connectivity index (χ0v) is 16.4. The quantitative estimate of drug-likeness (QED) is 0.274. The molecule has 0 radical (unpaired) electrons. The molecule has 0 spiro atoms. The first kappa shape index (κ1) is 25.6. The highest BCUT2D eigenvalue weighted by Crippen LogP contribution is 2.29. The largest absolute Gasteiger partial charge is 0.416 e. The van der Waals surface area contributed by atoms with Gasteiger partial charge in [-0.2, -0.15) is 26.3 Å². The van der Waals surface area contributed by atoms with Gasteiger partial charge in [0.15, 0.2) is 0 Å². The number of ether oxygens (including phenoxy) is 1. The van der Waals surface area contributed by atoms with Crippen LogP contribution in [0.3, 0.4) is 0 Å². The van der Waals surface area contributed by atoms with Crippen LogP contribution in [0.2, 0.25) is 0 Å². The second kappa shape index (κ2) is 11.7. The summed E-state index contributed by atoms with van der Waals surface area (Å²) in [6.45, 7) is 0.882. The summed E-state index contributed by atoms with van der Waals surface area (Å²) in [6.07, 6.45) is -5.71. The summed E-state index contributed by atoms with van der Waals surface area (Å²) in [5.41, 5.74) is -0.118.